The molecule has 1 aromatic rings. The molecular weight excluding hydrogens is 240 g/mol. The molecule has 0 aromatic carbocycles. The molecule has 0 bridgehead atoms. The maximum absolute atomic E-state index is 11.5. The van der Waals surface area contributed by atoms with Crippen molar-refractivity contribution >= 4 is 15.7 Å². The zero-order valence-electron chi connectivity index (χ0n) is 9.37. The molecule has 1 aliphatic heterocycles. The molecule has 0 amide bonds. The van der Waals surface area contributed by atoms with E-state index in [9.17, 15) is 8.42 Å². The Morgan fingerprint density at radius 2 is 2.35 bits per heavy atom. The van der Waals surface area contributed by atoms with Crippen LogP contribution in [0.5, 0.6) is 0 Å². The summed E-state index contributed by atoms with van der Waals surface area (Å²) in [5.41, 5.74) is 0.422. The van der Waals surface area contributed by atoms with Gasteiger partial charge in [0.1, 0.15) is 6.07 Å². The Balaban J connectivity index is 2.33. The minimum atomic E-state index is -2.97. The van der Waals surface area contributed by atoms with Crippen molar-refractivity contribution in [1.29, 1.82) is 5.26 Å². The Bertz CT molecular complexity index is 564. The van der Waals surface area contributed by atoms with Crippen molar-refractivity contribution in [2.45, 2.75) is 13.0 Å². The number of rotatable bonds is 1. The summed E-state index contributed by atoms with van der Waals surface area (Å²) in [4.78, 5) is 1.83. The molecule has 17 heavy (non-hydrogen) atoms. The number of hydrogen-bond acceptors (Lipinski definition) is 6. The zero-order chi connectivity index (χ0) is 12.5. The summed E-state index contributed by atoms with van der Waals surface area (Å²) in [6.45, 7) is 2.17. The highest BCUT2D eigenvalue weighted by Crippen LogP contribution is 2.21. The molecule has 0 N–H and O–H groups in total. The first-order valence-electron chi connectivity index (χ1n) is 5.22. The van der Waals surface area contributed by atoms with E-state index in [1.807, 2.05) is 17.9 Å². The second-order valence-electron chi connectivity index (χ2n) is 4.04. The predicted octanol–water partition coefficient (Wildman–Crippen LogP) is -0.0284. The number of sulfone groups is 1. The molecule has 1 aliphatic rings. The van der Waals surface area contributed by atoms with Crippen molar-refractivity contribution in [3.63, 3.8) is 0 Å². The van der Waals surface area contributed by atoms with Crippen molar-refractivity contribution in [2.75, 3.05) is 23.0 Å². The standard InChI is InChI=1S/C10H12N4O2S/c1-8-7-17(15,16)5-4-14(8)10-9(6-11)2-3-12-13-10/h2-3,8H,4-5,7H2,1H3. The van der Waals surface area contributed by atoms with E-state index in [1.54, 1.807) is 6.07 Å². The van der Waals surface area contributed by atoms with E-state index < -0.39 is 9.84 Å². The second kappa shape index (κ2) is 4.30. The van der Waals surface area contributed by atoms with Gasteiger partial charge in [0.2, 0.25) is 0 Å². The third kappa shape index (κ3) is 2.36. The normalized spacial score (nSPS) is 23.1. The van der Waals surface area contributed by atoms with Crippen LogP contribution < -0.4 is 4.90 Å². The van der Waals surface area contributed by atoms with Crippen molar-refractivity contribution in [2.24, 2.45) is 0 Å². The summed E-state index contributed by atoms with van der Waals surface area (Å²) in [6, 6.07) is 3.44. The number of anilines is 1. The lowest BCUT2D eigenvalue weighted by molar-refractivity contribution is 0.566. The molecule has 1 fully saturated rings. The van der Waals surface area contributed by atoms with E-state index in [4.69, 9.17) is 5.26 Å². The number of nitrogens with zero attached hydrogens (tertiary/aromatic N) is 4. The van der Waals surface area contributed by atoms with Gasteiger partial charge in [0.05, 0.1) is 23.3 Å². The molecule has 6 nitrogen and oxygen atoms in total. The maximum Gasteiger partial charge on any atom is 0.169 e. The van der Waals surface area contributed by atoms with Crippen LogP contribution in [0.4, 0.5) is 5.82 Å². The van der Waals surface area contributed by atoms with Crippen LogP contribution in [0.1, 0.15) is 12.5 Å². The average Bonchev–Trinajstić information content (AvgIpc) is 2.28. The summed E-state index contributed by atoms with van der Waals surface area (Å²) < 4.78 is 22.9. The Morgan fingerprint density at radius 3 is 3.00 bits per heavy atom. The maximum atomic E-state index is 11.5. The fourth-order valence-corrected chi connectivity index (χ4v) is 3.49. The molecule has 1 atom stereocenters. The number of nitriles is 1. The van der Waals surface area contributed by atoms with Gasteiger partial charge in [-0.15, -0.1) is 5.10 Å². The van der Waals surface area contributed by atoms with Gasteiger partial charge in [0.15, 0.2) is 15.7 Å². The summed E-state index contributed by atoms with van der Waals surface area (Å²) in [5, 5.41) is 16.7. The van der Waals surface area contributed by atoms with E-state index in [1.165, 1.54) is 6.20 Å². The van der Waals surface area contributed by atoms with Crippen LogP contribution in [0, 0.1) is 11.3 Å². The van der Waals surface area contributed by atoms with Crippen molar-refractivity contribution in [3.05, 3.63) is 17.8 Å². The van der Waals surface area contributed by atoms with Gasteiger partial charge in [-0.05, 0) is 13.0 Å². The quantitative estimate of drug-likeness (QED) is 0.697. The van der Waals surface area contributed by atoms with E-state index >= 15 is 0 Å². The van der Waals surface area contributed by atoms with Crippen molar-refractivity contribution < 1.29 is 8.42 Å². The Labute approximate surface area is 99.8 Å². The molecule has 0 spiro atoms. The monoisotopic (exact) mass is 252 g/mol. The summed E-state index contributed by atoms with van der Waals surface area (Å²) in [5.74, 6) is 0.658. The van der Waals surface area contributed by atoms with Crippen LogP contribution in [-0.2, 0) is 9.84 Å². The number of hydrogen-bond donors (Lipinski definition) is 0. The van der Waals surface area contributed by atoms with Crippen LogP contribution in [0.25, 0.3) is 0 Å². The number of aromatic nitrogens is 2. The van der Waals surface area contributed by atoms with Crippen LogP contribution >= 0.6 is 0 Å². The highest BCUT2D eigenvalue weighted by atomic mass is 32.2. The zero-order valence-corrected chi connectivity index (χ0v) is 10.2. The van der Waals surface area contributed by atoms with Gasteiger partial charge in [-0.25, -0.2) is 8.42 Å². The fraction of sp³-hybridized carbons (Fsp3) is 0.500. The molecule has 7 heteroatoms. The Kier molecular flexibility index (Phi) is 2.98. The topological polar surface area (TPSA) is 87.0 Å². The van der Waals surface area contributed by atoms with Gasteiger partial charge in [0, 0.05) is 12.6 Å². The van der Waals surface area contributed by atoms with Gasteiger partial charge in [-0.3, -0.25) is 0 Å². The molecule has 1 saturated heterocycles. The molecule has 2 heterocycles. The van der Waals surface area contributed by atoms with Gasteiger partial charge < -0.3 is 4.90 Å². The van der Waals surface area contributed by atoms with E-state index in [0.29, 0.717) is 17.9 Å². The molecule has 0 saturated carbocycles. The molecule has 1 unspecified atom stereocenters. The Hall–Kier alpha value is -1.68. The van der Waals surface area contributed by atoms with E-state index in [2.05, 4.69) is 10.2 Å². The van der Waals surface area contributed by atoms with Crippen LogP contribution in [0.2, 0.25) is 0 Å². The average molecular weight is 252 g/mol. The smallest absolute Gasteiger partial charge is 0.169 e. The van der Waals surface area contributed by atoms with Crippen molar-refractivity contribution in [1.82, 2.24) is 10.2 Å². The fourth-order valence-electron chi connectivity index (χ4n) is 1.94. The molecule has 1 aromatic heterocycles. The third-order valence-corrected chi connectivity index (χ3v) is 4.56. The highest BCUT2D eigenvalue weighted by molar-refractivity contribution is 7.91. The second-order valence-corrected chi connectivity index (χ2v) is 6.27. The molecule has 2 rings (SSSR count). The lowest BCUT2D eigenvalue weighted by atomic mass is 10.2. The minimum Gasteiger partial charge on any atom is -0.349 e. The highest BCUT2D eigenvalue weighted by Gasteiger charge is 2.30. The van der Waals surface area contributed by atoms with Gasteiger partial charge in [-0.2, -0.15) is 10.4 Å². The van der Waals surface area contributed by atoms with Crippen LogP contribution in [-0.4, -0.2) is 42.7 Å². The summed E-state index contributed by atoms with van der Waals surface area (Å²) in [6.07, 6.45) is 1.45. The molecular formula is C10H12N4O2S. The Morgan fingerprint density at radius 1 is 1.59 bits per heavy atom. The van der Waals surface area contributed by atoms with Crippen molar-refractivity contribution in [3.8, 4) is 6.07 Å². The SMILES string of the molecule is CC1CS(=O)(=O)CCN1c1nnccc1C#N. The summed E-state index contributed by atoms with van der Waals surface area (Å²) in [7, 11) is -2.97. The lowest BCUT2D eigenvalue weighted by Gasteiger charge is -2.34. The first-order chi connectivity index (χ1) is 8.03. The van der Waals surface area contributed by atoms with Crippen LogP contribution in [0.15, 0.2) is 12.3 Å². The van der Waals surface area contributed by atoms with Gasteiger partial charge in [0.25, 0.3) is 0 Å². The molecule has 90 valence electrons. The third-order valence-electron chi connectivity index (χ3n) is 2.76. The lowest BCUT2D eigenvalue weighted by Crippen LogP contribution is -2.47. The first-order valence-corrected chi connectivity index (χ1v) is 7.04. The minimum absolute atomic E-state index is 0.0917. The molecule has 0 radical (unpaired) electrons. The van der Waals surface area contributed by atoms with Crippen LogP contribution in [0.3, 0.4) is 0 Å². The summed E-state index contributed by atoms with van der Waals surface area (Å²) >= 11 is 0. The largest absolute Gasteiger partial charge is 0.349 e. The predicted molar refractivity (Wildman–Crippen MR) is 62.2 cm³/mol. The van der Waals surface area contributed by atoms with Gasteiger partial charge >= 0.3 is 0 Å². The van der Waals surface area contributed by atoms with E-state index in [-0.39, 0.29) is 17.5 Å². The van der Waals surface area contributed by atoms with Gasteiger partial charge in [-0.1, -0.05) is 0 Å². The van der Waals surface area contributed by atoms with E-state index in [0.717, 1.165) is 0 Å². The first kappa shape index (κ1) is 11.8. The molecule has 0 aliphatic carbocycles.